The Balaban J connectivity index is 0.000000216. The van der Waals surface area contributed by atoms with Crippen LogP contribution in [0.15, 0.2) is 76.4 Å². The van der Waals surface area contributed by atoms with Crippen molar-refractivity contribution in [3.05, 3.63) is 87.5 Å². The summed E-state index contributed by atoms with van der Waals surface area (Å²) in [6, 6.07) is 13.7. The number of ketones is 1. The van der Waals surface area contributed by atoms with Crippen LogP contribution in [0.5, 0.6) is 11.5 Å². The van der Waals surface area contributed by atoms with Gasteiger partial charge in [-0.2, -0.15) is 26.3 Å². The molecule has 0 saturated heterocycles. The number of Topliss-reactive ketones (excluding diaryl/α,β-unsaturated/α-hetero) is 1. The Hall–Kier alpha value is -3.79. The minimum Gasteiger partial charge on any atom is -0.543 e. The smallest absolute Gasteiger partial charge is 0.422 e. The van der Waals surface area contributed by atoms with Gasteiger partial charge in [-0.15, -0.1) is 0 Å². The zero-order chi connectivity index (χ0) is 51.5. The van der Waals surface area contributed by atoms with Gasteiger partial charge in [0.2, 0.25) is 16.6 Å². The van der Waals surface area contributed by atoms with Crippen LogP contribution in [0.1, 0.15) is 168 Å². The summed E-state index contributed by atoms with van der Waals surface area (Å²) in [5.74, 6) is 2.52. The maximum atomic E-state index is 13.3. The van der Waals surface area contributed by atoms with Crippen LogP contribution >= 0.6 is 0 Å². The van der Waals surface area contributed by atoms with Crippen LogP contribution in [0.2, 0.25) is 36.3 Å². The molecule has 0 radical (unpaired) electrons. The van der Waals surface area contributed by atoms with Gasteiger partial charge >= 0.3 is 18.3 Å². The molecule has 0 heterocycles. The van der Waals surface area contributed by atoms with Crippen molar-refractivity contribution in [2.75, 3.05) is 13.2 Å². The molecule has 14 heteroatoms. The third-order valence-electron chi connectivity index (χ3n) is 16.3. The van der Waals surface area contributed by atoms with Crippen LogP contribution < -0.4 is 8.85 Å². The van der Waals surface area contributed by atoms with Crippen molar-refractivity contribution in [2.24, 2.45) is 23.7 Å². The zero-order valence-corrected chi connectivity index (χ0v) is 45.4. The average molecular weight is 1030 g/mol. The lowest BCUT2D eigenvalue weighted by Crippen LogP contribution is -2.43. The number of ether oxygens (including phenoxy) is 2. The van der Waals surface area contributed by atoms with E-state index in [1.807, 2.05) is 37.4 Å². The van der Waals surface area contributed by atoms with Gasteiger partial charge in [-0.1, -0.05) is 102 Å². The van der Waals surface area contributed by atoms with Crippen molar-refractivity contribution in [1.29, 1.82) is 0 Å². The van der Waals surface area contributed by atoms with E-state index < -0.39 is 48.2 Å². The number of esters is 1. The van der Waals surface area contributed by atoms with Gasteiger partial charge in [0.05, 0.1) is 5.56 Å². The third-order valence-corrected chi connectivity index (χ3v) is 25.0. The molecule has 0 aliphatic heterocycles. The molecule has 8 rings (SSSR count). The minimum atomic E-state index is -4.54. The molecule has 2 fully saturated rings. The molecule has 0 N–H and O–H groups in total. The lowest BCUT2D eigenvalue weighted by molar-refractivity contribution is -0.161. The fourth-order valence-corrected chi connectivity index (χ4v) is 12.7. The van der Waals surface area contributed by atoms with E-state index in [1.165, 1.54) is 69.1 Å². The van der Waals surface area contributed by atoms with Gasteiger partial charge in [0, 0.05) is 23.3 Å². The highest BCUT2D eigenvalue weighted by atomic mass is 28.4. The second-order valence-corrected chi connectivity index (χ2v) is 33.0. The highest BCUT2D eigenvalue weighted by Gasteiger charge is 2.43. The first-order valence-corrected chi connectivity index (χ1v) is 31.6. The summed E-state index contributed by atoms with van der Waals surface area (Å²) in [5, 5.41) is 0.00113. The maximum Gasteiger partial charge on any atom is 0.422 e. The largest absolute Gasteiger partial charge is 0.543 e. The molecule has 2 aromatic rings. The number of carbonyl (C=O) groups excluding carboxylic acids is 2. The van der Waals surface area contributed by atoms with Gasteiger partial charge in [0.15, 0.2) is 13.2 Å². The number of hydrogen-bond donors (Lipinski definition) is 0. The Labute approximate surface area is 423 Å². The summed E-state index contributed by atoms with van der Waals surface area (Å²) in [6.07, 6.45) is 9.90. The normalized spacial score (nSPS) is 23.3. The van der Waals surface area contributed by atoms with E-state index in [2.05, 4.69) is 59.4 Å². The first-order chi connectivity index (χ1) is 32.5. The topological polar surface area (TPSA) is 71.1 Å². The zero-order valence-electron chi connectivity index (χ0n) is 43.4. The second kappa shape index (κ2) is 23.2. The molecule has 6 nitrogen and oxygen atoms in total. The van der Waals surface area contributed by atoms with Crippen molar-refractivity contribution in [1.82, 2.24) is 0 Å². The van der Waals surface area contributed by atoms with Crippen LogP contribution in [0.25, 0.3) is 5.76 Å². The summed E-state index contributed by atoms with van der Waals surface area (Å²) in [6.45, 7) is 18.4. The SMILES string of the molecule is C.CC(C)(C)[Si](C)(C)Oc1cccc(/C(OCC(F)(F)F)=C2/C3CCCC2C2=C(CCCC2)C3)c1.CC(C)(C)[Si](C)(C)Oc1cccc(C(=O)OCC(F)(F)F)c1.O=C1C2CCCC1C1=C(CCCC1)C2. The summed E-state index contributed by atoms with van der Waals surface area (Å²) in [5.41, 5.74) is 8.21. The van der Waals surface area contributed by atoms with Crippen LogP contribution in [0.4, 0.5) is 26.3 Å². The van der Waals surface area contributed by atoms with E-state index in [0.29, 0.717) is 34.7 Å². The van der Waals surface area contributed by atoms with Crippen molar-refractivity contribution < 1.29 is 54.3 Å². The molecular formula is C57H82F6O6Si2. The van der Waals surface area contributed by atoms with Gasteiger partial charge in [0.1, 0.15) is 23.0 Å². The van der Waals surface area contributed by atoms with Crippen LogP contribution in [0.3, 0.4) is 0 Å². The van der Waals surface area contributed by atoms with Crippen molar-refractivity contribution >= 4 is 34.1 Å². The van der Waals surface area contributed by atoms with E-state index in [0.717, 1.165) is 62.7 Å². The number of benzene rings is 2. The van der Waals surface area contributed by atoms with Crippen LogP contribution in [0, 0.1) is 23.7 Å². The minimum absolute atomic E-state index is 0. The number of hydrogen-bond acceptors (Lipinski definition) is 6. The van der Waals surface area contributed by atoms with E-state index in [-0.39, 0.29) is 34.9 Å². The molecule has 6 aliphatic rings. The maximum absolute atomic E-state index is 13.3. The molecule has 0 aromatic heterocycles. The number of fused-ring (bicyclic) bond motifs is 6. The van der Waals surface area contributed by atoms with E-state index >= 15 is 0 Å². The highest BCUT2D eigenvalue weighted by molar-refractivity contribution is 6.75. The molecule has 2 saturated carbocycles. The quantitative estimate of drug-likeness (QED) is 0.0819. The number of carbonyl (C=O) groups is 2. The number of rotatable bonds is 9. The summed E-state index contributed by atoms with van der Waals surface area (Å²) >= 11 is 0. The number of alkyl halides is 6. The first kappa shape index (κ1) is 58.1. The Morgan fingerprint density at radius 3 is 1.54 bits per heavy atom. The van der Waals surface area contributed by atoms with E-state index in [4.69, 9.17) is 13.6 Å². The molecule has 0 amide bonds. The van der Waals surface area contributed by atoms with Gasteiger partial charge < -0.3 is 18.3 Å². The molecule has 2 aromatic carbocycles. The molecule has 71 heavy (non-hydrogen) atoms. The molecule has 396 valence electrons. The van der Waals surface area contributed by atoms with Crippen LogP contribution in [-0.2, 0) is 14.3 Å². The van der Waals surface area contributed by atoms with Crippen molar-refractivity contribution in [3.8, 4) is 11.5 Å². The van der Waals surface area contributed by atoms with Gasteiger partial charge in [-0.3, -0.25) is 4.79 Å². The summed E-state index contributed by atoms with van der Waals surface area (Å²) in [7, 11) is -4.17. The van der Waals surface area contributed by atoms with E-state index in [1.54, 1.807) is 28.9 Å². The second-order valence-electron chi connectivity index (χ2n) is 23.5. The van der Waals surface area contributed by atoms with Gasteiger partial charge in [-0.05, 0) is 168 Å². The van der Waals surface area contributed by atoms with E-state index in [9.17, 15) is 35.9 Å². The fraction of sp³-hybridized carbons (Fsp3) is 0.649. The average Bonchev–Trinajstić information content (AvgIpc) is 3.25. The molecule has 6 aliphatic carbocycles. The Morgan fingerprint density at radius 1 is 0.577 bits per heavy atom. The number of halogens is 6. The lowest BCUT2D eigenvalue weighted by Gasteiger charge is -2.43. The van der Waals surface area contributed by atoms with Gasteiger partial charge in [-0.25, -0.2) is 4.79 Å². The first-order valence-electron chi connectivity index (χ1n) is 25.7. The molecule has 0 spiro atoms. The summed E-state index contributed by atoms with van der Waals surface area (Å²) < 4.78 is 98.6. The fourth-order valence-electron chi connectivity index (χ4n) is 10.7. The molecule has 4 atom stereocenters. The standard InChI is InChI=1S/C28H39F3O2Si.C15H21F3O3Si.C13H18O.CH4/c1-27(2,3)34(4,5)33-22-13-8-12-21(17-22)26(32-18-28(29,30)31)25-20-11-9-15-24(25)23-14-7-6-10-19(23)16-20;1-14(2,3)22(4,5)21-12-8-6-7-11(9-12)13(19)20-10-15(16,17)18;14-13-10-5-3-7-12(13)11-6-2-1-4-9(11)8-10;/h8,12-13,17,20,24H,6-7,9-11,14-16,18H2,1-5H3;6-9H,10H2,1-5H3;10,12H,1-8H2;1H4/b26-25+;;;. The highest BCUT2D eigenvalue weighted by Crippen LogP contribution is 2.54. The molecule has 4 unspecified atom stereocenters. The van der Waals surface area contributed by atoms with Gasteiger partial charge in [0.25, 0.3) is 0 Å². The predicted molar refractivity (Wildman–Crippen MR) is 277 cm³/mol. The Morgan fingerprint density at radius 2 is 1.01 bits per heavy atom. The monoisotopic (exact) mass is 1030 g/mol. The van der Waals surface area contributed by atoms with Crippen LogP contribution in [-0.4, -0.2) is 54.0 Å². The van der Waals surface area contributed by atoms with Crippen molar-refractivity contribution in [2.45, 2.75) is 200 Å². The Kier molecular flexibility index (Phi) is 19.0. The molecular weight excluding hydrogens is 951 g/mol. The summed E-state index contributed by atoms with van der Waals surface area (Å²) in [4.78, 5) is 23.7. The van der Waals surface area contributed by atoms with Crippen molar-refractivity contribution in [3.63, 3.8) is 0 Å². The Bertz CT molecular complexity index is 2280. The number of allylic oxidation sites excluding steroid dienone is 5. The molecule has 4 bridgehead atoms. The lowest BCUT2D eigenvalue weighted by atomic mass is 9.62. The predicted octanol–water partition coefficient (Wildman–Crippen LogP) is 17.7. The third kappa shape index (κ3) is 15.2.